The molecule has 2 saturated heterocycles. The van der Waals surface area contributed by atoms with Gasteiger partial charge in [0.05, 0.1) is 17.3 Å². The highest BCUT2D eigenvalue weighted by Gasteiger charge is 2.44. The van der Waals surface area contributed by atoms with Gasteiger partial charge < -0.3 is 9.84 Å². The van der Waals surface area contributed by atoms with Crippen molar-refractivity contribution in [2.75, 3.05) is 25.4 Å². The standard InChI is InChI=1S/C13H23NO5S/c1-2-13(12(15)16)6-4-7-14(10-13)20(17,18)9-11-5-3-8-19-11/h11H,2-10H2,1H3,(H,15,16). The zero-order valence-corrected chi connectivity index (χ0v) is 12.7. The molecule has 2 atom stereocenters. The smallest absolute Gasteiger partial charge is 0.310 e. The Morgan fingerprint density at radius 3 is 2.75 bits per heavy atom. The number of carboxylic acid groups (broad SMARTS) is 1. The lowest BCUT2D eigenvalue weighted by Crippen LogP contribution is -2.50. The molecule has 0 bridgehead atoms. The lowest BCUT2D eigenvalue weighted by atomic mass is 9.78. The Morgan fingerprint density at radius 1 is 1.45 bits per heavy atom. The van der Waals surface area contributed by atoms with E-state index in [4.69, 9.17) is 4.74 Å². The molecular formula is C13H23NO5S. The molecule has 116 valence electrons. The van der Waals surface area contributed by atoms with Crippen molar-refractivity contribution in [3.05, 3.63) is 0 Å². The minimum Gasteiger partial charge on any atom is -0.481 e. The van der Waals surface area contributed by atoms with Crippen LogP contribution < -0.4 is 0 Å². The molecule has 0 spiro atoms. The van der Waals surface area contributed by atoms with Gasteiger partial charge in [-0.25, -0.2) is 12.7 Å². The number of carboxylic acids is 1. The zero-order valence-electron chi connectivity index (χ0n) is 11.9. The van der Waals surface area contributed by atoms with Gasteiger partial charge >= 0.3 is 5.97 Å². The maximum Gasteiger partial charge on any atom is 0.310 e. The minimum absolute atomic E-state index is 0.0214. The van der Waals surface area contributed by atoms with E-state index in [2.05, 4.69) is 0 Å². The van der Waals surface area contributed by atoms with Gasteiger partial charge in [0.15, 0.2) is 0 Å². The second kappa shape index (κ2) is 5.99. The SMILES string of the molecule is CCC1(C(=O)O)CCCN(S(=O)(=O)CC2CCCO2)C1. The molecule has 2 fully saturated rings. The van der Waals surface area contributed by atoms with Crippen LogP contribution in [0.2, 0.25) is 0 Å². The Balaban J connectivity index is 2.09. The molecule has 7 heteroatoms. The fraction of sp³-hybridized carbons (Fsp3) is 0.923. The first-order valence-corrected chi connectivity index (χ1v) is 8.83. The molecule has 2 rings (SSSR count). The van der Waals surface area contributed by atoms with E-state index >= 15 is 0 Å². The maximum atomic E-state index is 12.4. The Bertz CT molecular complexity index is 457. The van der Waals surface area contributed by atoms with Crippen molar-refractivity contribution in [3.8, 4) is 0 Å². The fourth-order valence-electron chi connectivity index (χ4n) is 3.06. The van der Waals surface area contributed by atoms with Crippen LogP contribution in [0.5, 0.6) is 0 Å². The molecule has 2 aliphatic heterocycles. The van der Waals surface area contributed by atoms with Gasteiger partial charge in [-0.05, 0) is 32.1 Å². The average Bonchev–Trinajstić information content (AvgIpc) is 2.90. The van der Waals surface area contributed by atoms with Crippen LogP contribution in [-0.4, -0.2) is 55.4 Å². The van der Waals surface area contributed by atoms with Gasteiger partial charge in [-0.1, -0.05) is 6.92 Å². The third-order valence-electron chi connectivity index (χ3n) is 4.49. The zero-order chi connectivity index (χ0) is 14.8. The molecule has 20 heavy (non-hydrogen) atoms. The largest absolute Gasteiger partial charge is 0.481 e. The van der Waals surface area contributed by atoms with E-state index in [-0.39, 0.29) is 18.4 Å². The summed E-state index contributed by atoms with van der Waals surface area (Å²) < 4.78 is 31.6. The summed E-state index contributed by atoms with van der Waals surface area (Å²) >= 11 is 0. The number of hydrogen-bond donors (Lipinski definition) is 1. The predicted octanol–water partition coefficient (Wildman–Crippen LogP) is 1.07. The van der Waals surface area contributed by atoms with Crippen molar-refractivity contribution in [1.82, 2.24) is 4.31 Å². The van der Waals surface area contributed by atoms with E-state index in [0.717, 1.165) is 12.8 Å². The first-order chi connectivity index (χ1) is 9.39. The Labute approximate surface area is 120 Å². The van der Waals surface area contributed by atoms with E-state index in [9.17, 15) is 18.3 Å². The quantitative estimate of drug-likeness (QED) is 0.821. The average molecular weight is 305 g/mol. The lowest BCUT2D eigenvalue weighted by Gasteiger charge is -2.38. The summed E-state index contributed by atoms with van der Waals surface area (Å²) in [5, 5.41) is 9.41. The molecule has 1 N–H and O–H groups in total. The van der Waals surface area contributed by atoms with Gasteiger partial charge in [0.25, 0.3) is 0 Å². The molecule has 2 heterocycles. The van der Waals surface area contributed by atoms with Crippen molar-refractivity contribution >= 4 is 16.0 Å². The molecular weight excluding hydrogens is 282 g/mol. The summed E-state index contributed by atoms with van der Waals surface area (Å²) in [5.74, 6) is -0.913. The summed E-state index contributed by atoms with van der Waals surface area (Å²) in [4.78, 5) is 11.5. The van der Waals surface area contributed by atoms with Crippen LogP contribution in [0.15, 0.2) is 0 Å². The van der Waals surface area contributed by atoms with Crippen molar-refractivity contribution in [2.24, 2.45) is 5.41 Å². The normalized spacial score (nSPS) is 32.4. The van der Waals surface area contributed by atoms with Crippen LogP contribution >= 0.6 is 0 Å². The van der Waals surface area contributed by atoms with E-state index in [0.29, 0.717) is 32.4 Å². The minimum atomic E-state index is -3.44. The Kier molecular flexibility index (Phi) is 4.71. The Morgan fingerprint density at radius 2 is 2.20 bits per heavy atom. The number of hydrogen-bond acceptors (Lipinski definition) is 4. The van der Waals surface area contributed by atoms with Gasteiger partial charge in [-0.3, -0.25) is 4.79 Å². The van der Waals surface area contributed by atoms with Crippen LogP contribution in [0.3, 0.4) is 0 Å². The molecule has 0 aliphatic carbocycles. The monoisotopic (exact) mass is 305 g/mol. The third-order valence-corrected chi connectivity index (χ3v) is 6.38. The number of rotatable bonds is 5. The molecule has 0 aromatic rings. The summed E-state index contributed by atoms with van der Waals surface area (Å²) in [6.07, 6.45) is 3.03. The van der Waals surface area contributed by atoms with Gasteiger partial charge in [0, 0.05) is 19.7 Å². The highest BCUT2D eigenvalue weighted by atomic mass is 32.2. The van der Waals surface area contributed by atoms with Crippen LogP contribution in [0.4, 0.5) is 0 Å². The molecule has 2 aliphatic rings. The topological polar surface area (TPSA) is 83.9 Å². The number of ether oxygens (including phenoxy) is 1. The summed E-state index contributed by atoms with van der Waals surface area (Å²) in [6, 6.07) is 0. The molecule has 0 aromatic carbocycles. The number of sulfonamides is 1. The highest BCUT2D eigenvalue weighted by molar-refractivity contribution is 7.89. The second-order valence-electron chi connectivity index (χ2n) is 5.79. The first-order valence-electron chi connectivity index (χ1n) is 7.22. The number of carbonyl (C=O) groups is 1. The van der Waals surface area contributed by atoms with Crippen molar-refractivity contribution in [2.45, 2.75) is 45.1 Å². The van der Waals surface area contributed by atoms with Crippen molar-refractivity contribution < 1.29 is 23.1 Å². The highest BCUT2D eigenvalue weighted by Crippen LogP contribution is 2.35. The molecule has 0 aromatic heterocycles. The van der Waals surface area contributed by atoms with Gasteiger partial charge in [0.1, 0.15) is 0 Å². The molecule has 0 amide bonds. The third kappa shape index (κ3) is 3.15. The fourth-order valence-corrected chi connectivity index (χ4v) is 4.85. The van der Waals surface area contributed by atoms with E-state index in [1.54, 1.807) is 0 Å². The molecule has 2 unspecified atom stereocenters. The summed E-state index contributed by atoms with van der Waals surface area (Å²) in [7, 11) is -3.44. The van der Waals surface area contributed by atoms with Gasteiger partial charge in [-0.15, -0.1) is 0 Å². The number of aliphatic carboxylic acids is 1. The van der Waals surface area contributed by atoms with Gasteiger partial charge in [0.2, 0.25) is 10.0 Å². The summed E-state index contributed by atoms with van der Waals surface area (Å²) in [5.41, 5.74) is -0.929. The van der Waals surface area contributed by atoms with Crippen LogP contribution in [0.25, 0.3) is 0 Å². The molecule has 6 nitrogen and oxygen atoms in total. The number of piperidine rings is 1. The van der Waals surface area contributed by atoms with Gasteiger partial charge in [-0.2, -0.15) is 0 Å². The van der Waals surface area contributed by atoms with Crippen LogP contribution in [0.1, 0.15) is 39.0 Å². The second-order valence-corrected chi connectivity index (χ2v) is 7.80. The Hall–Kier alpha value is -0.660. The maximum absolute atomic E-state index is 12.4. The predicted molar refractivity (Wildman–Crippen MR) is 73.9 cm³/mol. The first kappa shape index (κ1) is 15.7. The van der Waals surface area contributed by atoms with Crippen LogP contribution in [-0.2, 0) is 19.6 Å². The lowest BCUT2D eigenvalue weighted by molar-refractivity contribution is -0.151. The van der Waals surface area contributed by atoms with E-state index in [1.165, 1.54) is 4.31 Å². The van der Waals surface area contributed by atoms with E-state index < -0.39 is 21.4 Å². The number of nitrogens with zero attached hydrogens (tertiary/aromatic N) is 1. The van der Waals surface area contributed by atoms with Crippen molar-refractivity contribution in [1.29, 1.82) is 0 Å². The van der Waals surface area contributed by atoms with E-state index in [1.807, 2.05) is 6.92 Å². The van der Waals surface area contributed by atoms with Crippen molar-refractivity contribution in [3.63, 3.8) is 0 Å². The molecule has 0 saturated carbocycles. The summed E-state index contributed by atoms with van der Waals surface area (Å²) in [6.45, 7) is 2.94. The molecule has 0 radical (unpaired) electrons. The van der Waals surface area contributed by atoms with Crippen LogP contribution in [0, 0.1) is 5.41 Å².